The molecule has 21 heavy (non-hydrogen) atoms. The Balaban J connectivity index is 1.70. The maximum absolute atomic E-state index is 11.3. The zero-order chi connectivity index (χ0) is 14.9. The van der Waals surface area contributed by atoms with Gasteiger partial charge in [-0.3, -0.25) is 0 Å². The van der Waals surface area contributed by atoms with Crippen LogP contribution in [-0.2, 0) is 9.84 Å². The molecular formula is C15H20N2O2S2. The first-order valence-corrected chi connectivity index (χ1v) is 10.1. The van der Waals surface area contributed by atoms with Crippen molar-refractivity contribution in [1.29, 1.82) is 0 Å². The molecule has 0 radical (unpaired) electrons. The van der Waals surface area contributed by atoms with Gasteiger partial charge in [-0.1, -0.05) is 12.1 Å². The van der Waals surface area contributed by atoms with Crippen molar-refractivity contribution in [2.45, 2.75) is 18.8 Å². The molecule has 0 bridgehead atoms. The molecule has 0 saturated carbocycles. The summed E-state index contributed by atoms with van der Waals surface area (Å²) < 4.78 is 23.8. The molecule has 0 N–H and O–H groups in total. The van der Waals surface area contributed by atoms with E-state index in [0.29, 0.717) is 12.5 Å². The Morgan fingerprint density at radius 1 is 1.38 bits per heavy atom. The minimum atomic E-state index is -2.88. The van der Waals surface area contributed by atoms with Crippen LogP contribution in [-0.4, -0.2) is 49.9 Å². The summed E-state index contributed by atoms with van der Waals surface area (Å²) in [6, 6.07) is 8.23. The summed E-state index contributed by atoms with van der Waals surface area (Å²) in [4.78, 5) is 7.02. The van der Waals surface area contributed by atoms with Crippen LogP contribution in [0.3, 0.4) is 0 Å². The van der Waals surface area contributed by atoms with Gasteiger partial charge in [-0.15, -0.1) is 11.3 Å². The molecule has 4 nitrogen and oxygen atoms in total. The topological polar surface area (TPSA) is 50.3 Å². The number of rotatable bonds is 4. The second-order valence-electron chi connectivity index (χ2n) is 5.79. The maximum atomic E-state index is 11.3. The van der Waals surface area contributed by atoms with Crippen LogP contribution < -0.4 is 0 Å². The fourth-order valence-corrected chi connectivity index (χ4v) is 4.50. The summed E-state index contributed by atoms with van der Waals surface area (Å²) in [6.07, 6.45) is 3.57. The highest BCUT2D eigenvalue weighted by Gasteiger charge is 2.24. The number of likely N-dealkylation sites (tertiary alicyclic amines) is 1. The Morgan fingerprint density at radius 2 is 2.19 bits per heavy atom. The van der Waals surface area contributed by atoms with Gasteiger partial charge in [0.15, 0.2) is 0 Å². The Hall–Kier alpha value is -0.980. The third kappa shape index (κ3) is 3.81. The van der Waals surface area contributed by atoms with Crippen molar-refractivity contribution in [2.24, 2.45) is 0 Å². The third-order valence-corrected chi connectivity index (χ3v) is 6.07. The average Bonchev–Trinajstić information content (AvgIpc) is 2.89. The summed E-state index contributed by atoms with van der Waals surface area (Å²) in [5.74, 6) is 0.690. The normalized spacial score (nSPS) is 20.9. The molecule has 0 aliphatic carbocycles. The van der Waals surface area contributed by atoms with Crippen LogP contribution in [0.2, 0.25) is 0 Å². The van der Waals surface area contributed by atoms with E-state index >= 15 is 0 Å². The highest BCUT2D eigenvalue weighted by molar-refractivity contribution is 7.90. The van der Waals surface area contributed by atoms with Gasteiger partial charge in [0, 0.05) is 25.3 Å². The molecule has 2 aromatic rings. The van der Waals surface area contributed by atoms with E-state index in [-0.39, 0.29) is 5.75 Å². The minimum absolute atomic E-state index is 0.250. The molecule has 1 saturated heterocycles. The molecule has 0 amide bonds. The first-order chi connectivity index (χ1) is 10.0. The number of hydrogen-bond donors (Lipinski definition) is 0. The Kier molecular flexibility index (Phi) is 4.28. The molecule has 1 atom stereocenters. The van der Waals surface area contributed by atoms with Crippen LogP contribution in [0.5, 0.6) is 0 Å². The molecule has 1 aromatic carbocycles. The van der Waals surface area contributed by atoms with Crippen molar-refractivity contribution in [3.8, 4) is 0 Å². The summed E-state index contributed by atoms with van der Waals surface area (Å²) >= 11 is 1.77. The fourth-order valence-electron chi connectivity index (χ4n) is 2.82. The third-order valence-electron chi connectivity index (χ3n) is 3.94. The first-order valence-electron chi connectivity index (χ1n) is 7.27. The predicted octanol–water partition coefficient (Wildman–Crippen LogP) is 2.52. The summed E-state index contributed by atoms with van der Waals surface area (Å²) in [6.45, 7) is 2.56. The maximum Gasteiger partial charge on any atom is 0.148 e. The van der Waals surface area contributed by atoms with E-state index in [4.69, 9.17) is 4.98 Å². The van der Waals surface area contributed by atoms with Gasteiger partial charge >= 0.3 is 0 Å². The molecule has 1 aromatic heterocycles. The molecule has 3 rings (SSSR count). The number of benzene rings is 1. The number of hydrogen-bond acceptors (Lipinski definition) is 5. The van der Waals surface area contributed by atoms with E-state index in [1.54, 1.807) is 11.3 Å². The van der Waals surface area contributed by atoms with Crippen molar-refractivity contribution in [3.05, 3.63) is 29.3 Å². The number of nitrogens with zero attached hydrogens (tertiary/aromatic N) is 2. The average molecular weight is 324 g/mol. The van der Waals surface area contributed by atoms with Crippen LogP contribution >= 0.6 is 11.3 Å². The van der Waals surface area contributed by atoms with E-state index in [9.17, 15) is 8.42 Å². The van der Waals surface area contributed by atoms with E-state index in [2.05, 4.69) is 17.0 Å². The van der Waals surface area contributed by atoms with Gasteiger partial charge in [-0.05, 0) is 31.5 Å². The lowest BCUT2D eigenvalue weighted by atomic mass is 9.99. The monoisotopic (exact) mass is 324 g/mol. The SMILES string of the molecule is CS(=O)(=O)CCN1CCCC(c2nc3ccccc3s2)C1. The molecule has 114 valence electrons. The van der Waals surface area contributed by atoms with Crippen molar-refractivity contribution in [3.63, 3.8) is 0 Å². The Labute approximate surface area is 129 Å². The highest BCUT2D eigenvalue weighted by atomic mass is 32.2. The highest BCUT2D eigenvalue weighted by Crippen LogP contribution is 2.32. The van der Waals surface area contributed by atoms with Gasteiger partial charge in [0.05, 0.1) is 21.0 Å². The number of sulfone groups is 1. The lowest BCUT2D eigenvalue weighted by molar-refractivity contribution is 0.218. The van der Waals surface area contributed by atoms with Gasteiger partial charge in [-0.2, -0.15) is 0 Å². The van der Waals surface area contributed by atoms with E-state index in [0.717, 1.165) is 31.4 Å². The van der Waals surface area contributed by atoms with Crippen LogP contribution in [0, 0.1) is 0 Å². The van der Waals surface area contributed by atoms with Crippen molar-refractivity contribution in [1.82, 2.24) is 9.88 Å². The molecular weight excluding hydrogens is 304 g/mol. The molecule has 1 aliphatic heterocycles. The zero-order valence-electron chi connectivity index (χ0n) is 12.2. The van der Waals surface area contributed by atoms with E-state index in [1.165, 1.54) is 16.0 Å². The number of aromatic nitrogens is 1. The van der Waals surface area contributed by atoms with Crippen LogP contribution in [0.15, 0.2) is 24.3 Å². The van der Waals surface area contributed by atoms with Crippen LogP contribution in [0.1, 0.15) is 23.8 Å². The number of piperidine rings is 1. The first kappa shape index (κ1) is 14.9. The second-order valence-corrected chi connectivity index (χ2v) is 9.11. The fraction of sp³-hybridized carbons (Fsp3) is 0.533. The Bertz CT molecular complexity index is 691. The predicted molar refractivity (Wildman–Crippen MR) is 87.7 cm³/mol. The second kappa shape index (κ2) is 6.02. The van der Waals surface area contributed by atoms with Gasteiger partial charge in [0.2, 0.25) is 0 Å². The summed E-state index contributed by atoms with van der Waals surface area (Å²) in [5.41, 5.74) is 1.07. The van der Waals surface area contributed by atoms with Crippen LogP contribution in [0.4, 0.5) is 0 Å². The quantitative estimate of drug-likeness (QED) is 0.867. The van der Waals surface area contributed by atoms with E-state index < -0.39 is 9.84 Å². The zero-order valence-corrected chi connectivity index (χ0v) is 13.8. The van der Waals surface area contributed by atoms with Crippen LogP contribution in [0.25, 0.3) is 10.2 Å². The number of fused-ring (bicyclic) bond motifs is 1. The lowest BCUT2D eigenvalue weighted by Crippen LogP contribution is -2.37. The number of thiazole rings is 1. The standard InChI is InChI=1S/C15H20N2O2S2/c1-21(18,19)10-9-17-8-4-5-12(11-17)15-16-13-6-2-3-7-14(13)20-15/h2-3,6-7,12H,4-5,8-11H2,1H3. The summed E-state index contributed by atoms with van der Waals surface area (Å²) in [7, 11) is -2.88. The smallest absolute Gasteiger partial charge is 0.148 e. The number of para-hydroxylation sites is 1. The lowest BCUT2D eigenvalue weighted by Gasteiger charge is -2.31. The molecule has 2 heterocycles. The van der Waals surface area contributed by atoms with Gasteiger partial charge in [0.1, 0.15) is 9.84 Å². The molecule has 1 unspecified atom stereocenters. The van der Waals surface area contributed by atoms with Crippen molar-refractivity contribution >= 4 is 31.4 Å². The van der Waals surface area contributed by atoms with E-state index in [1.807, 2.05) is 12.1 Å². The van der Waals surface area contributed by atoms with Gasteiger partial charge < -0.3 is 4.90 Å². The Morgan fingerprint density at radius 3 is 2.95 bits per heavy atom. The van der Waals surface area contributed by atoms with Crippen molar-refractivity contribution < 1.29 is 8.42 Å². The van der Waals surface area contributed by atoms with Crippen molar-refractivity contribution in [2.75, 3.05) is 31.6 Å². The molecule has 0 spiro atoms. The molecule has 1 aliphatic rings. The van der Waals surface area contributed by atoms with Gasteiger partial charge in [0.25, 0.3) is 0 Å². The molecule has 1 fully saturated rings. The largest absolute Gasteiger partial charge is 0.302 e. The molecule has 6 heteroatoms. The van der Waals surface area contributed by atoms with Gasteiger partial charge in [-0.25, -0.2) is 13.4 Å². The minimum Gasteiger partial charge on any atom is -0.302 e. The summed E-state index contributed by atoms with van der Waals surface area (Å²) in [5, 5.41) is 1.19.